The summed E-state index contributed by atoms with van der Waals surface area (Å²) in [4.78, 5) is 43.5. The predicted octanol–water partition coefficient (Wildman–Crippen LogP) is 2.95. The smallest absolute Gasteiger partial charge is 0.257 e. The number of likely N-dealkylation sites (N-methyl/N-ethyl adjacent to an activating group) is 1. The molecule has 1 fully saturated rings. The van der Waals surface area contributed by atoms with Crippen LogP contribution >= 0.6 is 0 Å². The van der Waals surface area contributed by atoms with Gasteiger partial charge in [-0.1, -0.05) is 6.92 Å². The van der Waals surface area contributed by atoms with E-state index in [1.54, 1.807) is 42.5 Å². The van der Waals surface area contributed by atoms with Gasteiger partial charge in [0.15, 0.2) is 0 Å². The first-order valence-corrected chi connectivity index (χ1v) is 12.6. The van der Waals surface area contributed by atoms with Gasteiger partial charge >= 0.3 is 0 Å². The van der Waals surface area contributed by atoms with Crippen LogP contribution in [0.25, 0.3) is 0 Å². The molecule has 0 bridgehead atoms. The molecule has 36 heavy (non-hydrogen) atoms. The van der Waals surface area contributed by atoms with Gasteiger partial charge in [0, 0.05) is 38.1 Å². The normalized spacial score (nSPS) is 21.3. The topological polar surface area (TPSA) is 110 Å². The Labute approximate surface area is 211 Å². The molecule has 0 saturated carbocycles. The minimum Gasteiger partial charge on any atom is -0.490 e. The molecule has 2 aliphatic rings. The van der Waals surface area contributed by atoms with Gasteiger partial charge in [-0.05, 0) is 61.6 Å². The van der Waals surface area contributed by atoms with E-state index in [2.05, 4.69) is 15.6 Å². The van der Waals surface area contributed by atoms with E-state index in [4.69, 9.17) is 9.47 Å². The number of fused-ring (bicyclic) bond motifs is 2. The molecule has 3 heterocycles. The molecule has 4 rings (SSSR count). The van der Waals surface area contributed by atoms with Gasteiger partial charge in [-0.25, -0.2) is 0 Å². The number of rotatable bonds is 8. The highest BCUT2D eigenvalue weighted by atomic mass is 16.5. The second-order valence-electron chi connectivity index (χ2n) is 9.34. The highest BCUT2D eigenvalue weighted by Gasteiger charge is 2.39. The fourth-order valence-corrected chi connectivity index (χ4v) is 4.73. The van der Waals surface area contributed by atoms with E-state index < -0.39 is 0 Å². The highest BCUT2D eigenvalue weighted by Crippen LogP contribution is 2.32. The number of ether oxygens (including phenoxy) is 2. The minimum atomic E-state index is -0.334. The first-order chi connectivity index (χ1) is 17.4. The second kappa shape index (κ2) is 12.0. The Bertz CT molecular complexity index is 1080. The maximum atomic E-state index is 13.3. The Balaban J connectivity index is 1.34. The summed E-state index contributed by atoms with van der Waals surface area (Å²) in [7, 11) is 1.77. The van der Waals surface area contributed by atoms with E-state index in [0.717, 1.165) is 18.4 Å². The van der Waals surface area contributed by atoms with Gasteiger partial charge in [-0.15, -0.1) is 0 Å². The Morgan fingerprint density at radius 2 is 1.94 bits per heavy atom. The van der Waals surface area contributed by atoms with E-state index >= 15 is 0 Å². The summed E-state index contributed by atoms with van der Waals surface area (Å²) in [6.07, 6.45) is 6.50. The average Bonchev–Trinajstić information content (AvgIpc) is 2.87. The summed E-state index contributed by atoms with van der Waals surface area (Å²) in [5.74, 6) is 0.144. The second-order valence-corrected chi connectivity index (χ2v) is 9.34. The number of carbonyl (C=O) groups is 3. The van der Waals surface area contributed by atoms with Crippen molar-refractivity contribution >= 4 is 23.4 Å². The van der Waals surface area contributed by atoms with Crippen molar-refractivity contribution < 1.29 is 23.9 Å². The van der Waals surface area contributed by atoms with Gasteiger partial charge in [0.1, 0.15) is 18.5 Å². The van der Waals surface area contributed by atoms with Crippen molar-refractivity contribution in [2.75, 3.05) is 25.5 Å². The van der Waals surface area contributed by atoms with Crippen LogP contribution < -0.4 is 15.4 Å². The predicted molar refractivity (Wildman–Crippen MR) is 135 cm³/mol. The van der Waals surface area contributed by atoms with E-state index in [-0.39, 0.29) is 49.0 Å². The standard InChI is InChI=1S/C27H34N4O5/c1-3-4-25(32)30-19-5-8-23-21(15-19)27(34)31(2)22-7-6-20(36-24(22)17-35-23)16-26(33)29-14-11-18-9-12-28-13-10-18/h5,8-10,12-13,15,20,22,24H,3-4,6-7,11,14,16-17H2,1-2H3,(H,29,33)(H,30,32)/t20-,22+,24-/m1/s1. The zero-order chi connectivity index (χ0) is 25.5. The molecular weight excluding hydrogens is 460 g/mol. The van der Waals surface area contributed by atoms with Crippen LogP contribution in [0.2, 0.25) is 0 Å². The number of benzene rings is 1. The SMILES string of the molecule is CCCC(=O)Nc1ccc2c(c1)C(=O)N(C)[C@H]1CC[C@H](CC(=O)NCCc3ccncc3)O[C@@H]1CO2. The number of hydrogen-bond donors (Lipinski definition) is 2. The van der Waals surface area contributed by atoms with Gasteiger partial charge in [0.2, 0.25) is 11.8 Å². The number of pyridine rings is 1. The number of carbonyl (C=O) groups excluding carboxylic acids is 3. The first kappa shape index (κ1) is 25.6. The van der Waals surface area contributed by atoms with Crippen LogP contribution in [-0.4, -0.2) is 66.1 Å². The quantitative estimate of drug-likeness (QED) is 0.584. The fourth-order valence-electron chi connectivity index (χ4n) is 4.73. The van der Waals surface area contributed by atoms with E-state index in [1.807, 2.05) is 19.1 Å². The average molecular weight is 495 g/mol. The third kappa shape index (κ3) is 6.40. The largest absolute Gasteiger partial charge is 0.490 e. The van der Waals surface area contributed by atoms with Crippen molar-refractivity contribution in [3.05, 3.63) is 53.9 Å². The lowest BCUT2D eigenvalue weighted by Gasteiger charge is -2.42. The first-order valence-electron chi connectivity index (χ1n) is 12.6. The van der Waals surface area contributed by atoms with E-state index in [9.17, 15) is 14.4 Å². The zero-order valence-electron chi connectivity index (χ0n) is 20.9. The van der Waals surface area contributed by atoms with E-state index in [0.29, 0.717) is 42.8 Å². The van der Waals surface area contributed by atoms with Crippen molar-refractivity contribution in [3.63, 3.8) is 0 Å². The molecule has 1 aromatic carbocycles. The Kier molecular flexibility index (Phi) is 8.53. The van der Waals surface area contributed by atoms with Crippen LogP contribution in [0, 0.1) is 0 Å². The van der Waals surface area contributed by atoms with Crippen LogP contribution in [0.1, 0.15) is 54.9 Å². The number of nitrogens with one attached hydrogen (secondary N) is 2. The Hall–Kier alpha value is -3.46. The van der Waals surface area contributed by atoms with Gasteiger partial charge < -0.3 is 25.0 Å². The summed E-state index contributed by atoms with van der Waals surface area (Å²) >= 11 is 0. The molecule has 1 saturated heterocycles. The molecule has 1 aromatic heterocycles. The third-order valence-electron chi connectivity index (χ3n) is 6.67. The molecule has 2 aromatic rings. The molecule has 2 aliphatic heterocycles. The van der Waals surface area contributed by atoms with Crippen molar-refractivity contribution in [1.82, 2.24) is 15.2 Å². The van der Waals surface area contributed by atoms with Crippen LogP contribution in [0.3, 0.4) is 0 Å². The van der Waals surface area contributed by atoms with Crippen molar-refractivity contribution in [2.45, 2.75) is 63.7 Å². The van der Waals surface area contributed by atoms with Crippen LogP contribution in [-0.2, 0) is 20.7 Å². The summed E-state index contributed by atoms with van der Waals surface area (Å²) in [5, 5.41) is 5.80. The lowest BCUT2D eigenvalue weighted by Crippen LogP contribution is -2.54. The lowest BCUT2D eigenvalue weighted by atomic mass is 9.94. The number of anilines is 1. The minimum absolute atomic E-state index is 0.0494. The van der Waals surface area contributed by atoms with Crippen molar-refractivity contribution in [2.24, 2.45) is 0 Å². The molecule has 0 unspecified atom stereocenters. The number of amides is 3. The summed E-state index contributed by atoms with van der Waals surface area (Å²) < 4.78 is 12.3. The van der Waals surface area contributed by atoms with Crippen molar-refractivity contribution in [1.29, 1.82) is 0 Å². The molecule has 0 spiro atoms. The van der Waals surface area contributed by atoms with Gasteiger partial charge in [-0.2, -0.15) is 0 Å². The molecule has 0 radical (unpaired) electrons. The molecule has 192 valence electrons. The Morgan fingerprint density at radius 3 is 2.72 bits per heavy atom. The summed E-state index contributed by atoms with van der Waals surface area (Å²) in [6, 6.07) is 8.83. The molecule has 9 nitrogen and oxygen atoms in total. The van der Waals surface area contributed by atoms with Gasteiger partial charge in [-0.3, -0.25) is 19.4 Å². The molecule has 0 aliphatic carbocycles. The van der Waals surface area contributed by atoms with Crippen molar-refractivity contribution in [3.8, 4) is 5.75 Å². The van der Waals surface area contributed by atoms with Crippen LogP contribution in [0.4, 0.5) is 5.69 Å². The van der Waals surface area contributed by atoms with Crippen LogP contribution in [0.5, 0.6) is 5.75 Å². The van der Waals surface area contributed by atoms with Gasteiger partial charge in [0.05, 0.1) is 24.1 Å². The summed E-state index contributed by atoms with van der Waals surface area (Å²) in [5.41, 5.74) is 2.11. The highest BCUT2D eigenvalue weighted by molar-refractivity contribution is 5.99. The number of aromatic nitrogens is 1. The monoisotopic (exact) mass is 494 g/mol. The molecule has 2 N–H and O–H groups in total. The number of nitrogens with zero attached hydrogens (tertiary/aromatic N) is 2. The van der Waals surface area contributed by atoms with Gasteiger partial charge in [0.25, 0.3) is 5.91 Å². The maximum absolute atomic E-state index is 13.3. The maximum Gasteiger partial charge on any atom is 0.257 e. The number of hydrogen-bond acceptors (Lipinski definition) is 6. The molecular formula is C27H34N4O5. The van der Waals surface area contributed by atoms with E-state index in [1.165, 1.54) is 0 Å². The fraction of sp³-hybridized carbons (Fsp3) is 0.481. The Morgan fingerprint density at radius 1 is 1.14 bits per heavy atom. The lowest BCUT2D eigenvalue weighted by molar-refractivity contribution is -0.134. The molecule has 9 heteroatoms. The third-order valence-corrected chi connectivity index (χ3v) is 6.67. The zero-order valence-corrected chi connectivity index (χ0v) is 20.9. The molecule has 3 amide bonds. The summed E-state index contributed by atoms with van der Waals surface area (Å²) in [6.45, 7) is 2.77. The van der Waals surface area contributed by atoms with Crippen LogP contribution in [0.15, 0.2) is 42.7 Å². The molecule has 3 atom stereocenters.